The molecule has 5 nitrogen and oxygen atoms in total. The Morgan fingerprint density at radius 2 is 1.87 bits per heavy atom. The first-order chi connectivity index (χ1) is 11.0. The normalized spacial score (nSPS) is 15.2. The molecule has 1 heterocycles. The number of urea groups is 1. The predicted octanol–water partition coefficient (Wildman–Crippen LogP) is 2.09. The van der Waals surface area contributed by atoms with Crippen LogP contribution in [0.25, 0.3) is 0 Å². The van der Waals surface area contributed by atoms with Crippen LogP contribution in [-0.2, 0) is 0 Å². The van der Waals surface area contributed by atoms with Crippen LogP contribution in [0, 0.1) is 13.8 Å². The standard InChI is InChI=1S/C18H30N4O/c1-15-6-7-16(2)17(14-15)21-10-12-22(13-11-21)18(23)19-8-5-9-20(3)4/h6-7,14H,5,8-13H2,1-4H3,(H,19,23). The van der Waals surface area contributed by atoms with Crippen LogP contribution >= 0.6 is 0 Å². The number of nitrogens with one attached hydrogen (secondary N) is 1. The summed E-state index contributed by atoms with van der Waals surface area (Å²) in [7, 11) is 4.10. The number of benzene rings is 1. The number of hydrogen-bond donors (Lipinski definition) is 1. The first-order valence-electron chi connectivity index (χ1n) is 8.47. The molecule has 2 amide bonds. The third-order valence-electron chi connectivity index (χ3n) is 4.33. The summed E-state index contributed by atoms with van der Waals surface area (Å²) in [5, 5.41) is 3.02. The number of nitrogens with zero attached hydrogens (tertiary/aromatic N) is 3. The summed E-state index contributed by atoms with van der Waals surface area (Å²) in [5.74, 6) is 0. The Labute approximate surface area is 140 Å². The molecule has 1 aliphatic heterocycles. The van der Waals surface area contributed by atoms with Gasteiger partial charge in [-0.2, -0.15) is 0 Å². The average molecular weight is 318 g/mol. The summed E-state index contributed by atoms with van der Waals surface area (Å²) >= 11 is 0. The molecule has 0 saturated carbocycles. The van der Waals surface area contributed by atoms with Crippen LogP contribution in [-0.4, -0.2) is 69.2 Å². The molecule has 2 rings (SSSR count). The second kappa shape index (κ2) is 8.20. The number of hydrogen-bond acceptors (Lipinski definition) is 3. The van der Waals surface area contributed by atoms with E-state index in [1.807, 2.05) is 19.0 Å². The maximum Gasteiger partial charge on any atom is 0.317 e. The molecule has 1 saturated heterocycles. The molecule has 0 radical (unpaired) electrons. The molecule has 128 valence electrons. The molecule has 1 aliphatic rings. The van der Waals surface area contributed by atoms with E-state index in [0.717, 1.165) is 45.7 Å². The number of carbonyl (C=O) groups is 1. The maximum atomic E-state index is 12.2. The van der Waals surface area contributed by atoms with Crippen LogP contribution in [0.3, 0.4) is 0 Å². The zero-order valence-electron chi connectivity index (χ0n) is 14.9. The van der Waals surface area contributed by atoms with Crippen molar-refractivity contribution in [2.45, 2.75) is 20.3 Å². The third-order valence-corrected chi connectivity index (χ3v) is 4.33. The minimum absolute atomic E-state index is 0.0735. The number of aryl methyl sites for hydroxylation is 2. The highest BCUT2D eigenvalue weighted by Gasteiger charge is 2.21. The summed E-state index contributed by atoms with van der Waals surface area (Å²) in [6.07, 6.45) is 0.987. The topological polar surface area (TPSA) is 38.8 Å². The van der Waals surface area contributed by atoms with Crippen LogP contribution in [0.1, 0.15) is 17.5 Å². The fraction of sp³-hybridized carbons (Fsp3) is 0.611. The van der Waals surface area contributed by atoms with E-state index in [-0.39, 0.29) is 6.03 Å². The van der Waals surface area contributed by atoms with Crippen LogP contribution in [0.5, 0.6) is 0 Å². The lowest BCUT2D eigenvalue weighted by molar-refractivity contribution is 0.194. The van der Waals surface area contributed by atoms with Gasteiger partial charge in [0.05, 0.1) is 0 Å². The van der Waals surface area contributed by atoms with E-state index in [9.17, 15) is 4.79 Å². The lowest BCUT2D eigenvalue weighted by atomic mass is 10.1. The van der Waals surface area contributed by atoms with Crippen LogP contribution in [0.2, 0.25) is 0 Å². The SMILES string of the molecule is Cc1ccc(C)c(N2CCN(C(=O)NCCCN(C)C)CC2)c1. The molecule has 5 heteroatoms. The highest BCUT2D eigenvalue weighted by Crippen LogP contribution is 2.22. The first-order valence-corrected chi connectivity index (χ1v) is 8.47. The summed E-state index contributed by atoms with van der Waals surface area (Å²) in [5.41, 5.74) is 3.89. The Morgan fingerprint density at radius 3 is 2.52 bits per heavy atom. The third kappa shape index (κ3) is 5.13. The van der Waals surface area contributed by atoms with Gasteiger partial charge in [0.25, 0.3) is 0 Å². The molecule has 1 aromatic carbocycles. The van der Waals surface area contributed by atoms with Crippen molar-refractivity contribution in [3.63, 3.8) is 0 Å². The van der Waals surface area contributed by atoms with Crippen LogP contribution < -0.4 is 10.2 Å². The molecule has 23 heavy (non-hydrogen) atoms. The smallest absolute Gasteiger partial charge is 0.317 e. The van der Waals surface area contributed by atoms with Crippen molar-refractivity contribution in [1.29, 1.82) is 0 Å². The second-order valence-corrected chi connectivity index (χ2v) is 6.65. The Balaban J connectivity index is 1.79. The van der Waals surface area contributed by atoms with Crippen LogP contribution in [0.4, 0.5) is 10.5 Å². The van der Waals surface area contributed by atoms with Gasteiger partial charge < -0.3 is 20.0 Å². The summed E-state index contributed by atoms with van der Waals surface area (Å²) in [6, 6.07) is 6.64. The van der Waals surface area contributed by atoms with Gasteiger partial charge in [-0.25, -0.2) is 4.79 Å². The van der Waals surface area contributed by atoms with Gasteiger partial charge >= 0.3 is 6.03 Å². The monoisotopic (exact) mass is 318 g/mol. The van der Waals surface area contributed by atoms with Gasteiger partial charge in [-0.1, -0.05) is 12.1 Å². The number of piperazine rings is 1. The van der Waals surface area contributed by atoms with E-state index in [0.29, 0.717) is 0 Å². The molecule has 1 aromatic rings. The Morgan fingerprint density at radius 1 is 1.17 bits per heavy atom. The lowest BCUT2D eigenvalue weighted by Gasteiger charge is -2.37. The fourth-order valence-corrected chi connectivity index (χ4v) is 2.91. The molecule has 0 atom stereocenters. The van der Waals surface area contributed by atoms with E-state index in [2.05, 4.69) is 47.2 Å². The predicted molar refractivity (Wildman–Crippen MR) is 96.3 cm³/mol. The van der Waals surface area contributed by atoms with E-state index in [4.69, 9.17) is 0 Å². The average Bonchev–Trinajstić information content (AvgIpc) is 2.53. The molecule has 0 unspecified atom stereocenters. The Hall–Kier alpha value is -1.75. The highest BCUT2D eigenvalue weighted by molar-refractivity contribution is 5.74. The van der Waals surface area contributed by atoms with Crippen molar-refractivity contribution in [3.8, 4) is 0 Å². The maximum absolute atomic E-state index is 12.2. The Kier molecular flexibility index (Phi) is 6.28. The van der Waals surface area contributed by atoms with Crippen molar-refractivity contribution in [3.05, 3.63) is 29.3 Å². The van der Waals surface area contributed by atoms with Crippen LogP contribution in [0.15, 0.2) is 18.2 Å². The molecule has 0 bridgehead atoms. The number of amides is 2. The molecule has 1 fully saturated rings. The van der Waals surface area contributed by atoms with Gasteiger partial charge in [-0.15, -0.1) is 0 Å². The zero-order chi connectivity index (χ0) is 16.8. The van der Waals surface area contributed by atoms with Gasteiger partial charge in [0.2, 0.25) is 0 Å². The summed E-state index contributed by atoms with van der Waals surface area (Å²) in [4.78, 5) is 18.6. The summed E-state index contributed by atoms with van der Waals surface area (Å²) < 4.78 is 0. The largest absolute Gasteiger partial charge is 0.368 e. The van der Waals surface area contributed by atoms with Crippen molar-refractivity contribution in [2.24, 2.45) is 0 Å². The van der Waals surface area contributed by atoms with Gasteiger partial charge in [-0.05, 0) is 58.1 Å². The molecule has 1 N–H and O–H groups in total. The molecule has 0 aliphatic carbocycles. The van der Waals surface area contributed by atoms with Crippen molar-refractivity contribution in [1.82, 2.24) is 15.1 Å². The number of rotatable bonds is 5. The molecular weight excluding hydrogens is 288 g/mol. The molecular formula is C18H30N4O. The molecule has 0 spiro atoms. The fourth-order valence-electron chi connectivity index (χ4n) is 2.91. The van der Waals surface area contributed by atoms with Gasteiger partial charge in [-0.3, -0.25) is 0 Å². The highest BCUT2D eigenvalue weighted by atomic mass is 16.2. The first kappa shape index (κ1) is 17.6. The minimum Gasteiger partial charge on any atom is -0.368 e. The quantitative estimate of drug-likeness (QED) is 0.845. The second-order valence-electron chi connectivity index (χ2n) is 6.65. The van der Waals surface area contributed by atoms with Crippen molar-refractivity contribution < 1.29 is 4.79 Å². The minimum atomic E-state index is 0.0735. The van der Waals surface area contributed by atoms with E-state index in [1.54, 1.807) is 0 Å². The number of carbonyl (C=O) groups excluding carboxylic acids is 1. The lowest BCUT2D eigenvalue weighted by Crippen LogP contribution is -2.52. The van der Waals surface area contributed by atoms with E-state index < -0.39 is 0 Å². The summed E-state index contributed by atoms with van der Waals surface area (Å²) in [6.45, 7) is 9.39. The van der Waals surface area contributed by atoms with Crippen molar-refractivity contribution in [2.75, 3.05) is 58.3 Å². The van der Waals surface area contributed by atoms with E-state index in [1.165, 1.54) is 16.8 Å². The van der Waals surface area contributed by atoms with Gasteiger partial charge in [0.1, 0.15) is 0 Å². The zero-order valence-corrected chi connectivity index (χ0v) is 14.9. The molecule has 0 aromatic heterocycles. The number of anilines is 1. The van der Waals surface area contributed by atoms with Gasteiger partial charge in [0.15, 0.2) is 0 Å². The van der Waals surface area contributed by atoms with E-state index >= 15 is 0 Å². The van der Waals surface area contributed by atoms with Crippen molar-refractivity contribution >= 4 is 11.7 Å². The Bertz CT molecular complexity index is 522. The van der Waals surface area contributed by atoms with Gasteiger partial charge in [0, 0.05) is 38.4 Å².